The van der Waals surface area contributed by atoms with Crippen molar-refractivity contribution in [3.63, 3.8) is 0 Å². The first-order chi connectivity index (χ1) is 6.00. The van der Waals surface area contributed by atoms with Gasteiger partial charge in [0.25, 0.3) is 0 Å². The van der Waals surface area contributed by atoms with Crippen LogP contribution in [0.15, 0.2) is 12.1 Å². The Labute approximate surface area is 80.0 Å². The van der Waals surface area contributed by atoms with E-state index in [1.54, 1.807) is 13.0 Å². The molecule has 0 saturated heterocycles. The highest BCUT2D eigenvalue weighted by Crippen LogP contribution is 2.21. The Hall–Kier alpha value is -1.09. The van der Waals surface area contributed by atoms with Crippen LogP contribution >= 0.6 is 11.6 Å². The van der Waals surface area contributed by atoms with E-state index in [1.807, 2.05) is 0 Å². The summed E-state index contributed by atoms with van der Waals surface area (Å²) in [6.45, 7) is 1.64. The molecule has 1 aromatic rings. The largest absolute Gasteiger partial charge is 0.481 e. The van der Waals surface area contributed by atoms with Crippen LogP contribution in [0.2, 0.25) is 5.02 Å². The predicted molar refractivity (Wildman–Crippen MR) is 47.5 cm³/mol. The highest BCUT2D eigenvalue weighted by molar-refractivity contribution is 6.31. The van der Waals surface area contributed by atoms with Crippen LogP contribution in [0.3, 0.4) is 0 Å². The first-order valence-corrected chi connectivity index (χ1v) is 4.05. The van der Waals surface area contributed by atoms with E-state index in [4.69, 9.17) is 16.7 Å². The minimum atomic E-state index is -0.985. The van der Waals surface area contributed by atoms with Crippen LogP contribution in [0.1, 0.15) is 11.1 Å². The van der Waals surface area contributed by atoms with Crippen molar-refractivity contribution in [2.24, 2.45) is 0 Å². The lowest BCUT2D eigenvalue weighted by molar-refractivity contribution is -0.136. The Morgan fingerprint density at radius 3 is 2.69 bits per heavy atom. The van der Waals surface area contributed by atoms with Crippen molar-refractivity contribution in [1.29, 1.82) is 0 Å². The first kappa shape index (κ1) is 9.99. The third-order valence-corrected chi connectivity index (χ3v) is 2.10. The molecule has 4 heteroatoms. The molecule has 0 aromatic heterocycles. The summed E-state index contributed by atoms with van der Waals surface area (Å²) in [7, 11) is 0. The predicted octanol–water partition coefficient (Wildman–Crippen LogP) is 2.41. The average Bonchev–Trinajstić information content (AvgIpc) is 1.98. The maximum Gasteiger partial charge on any atom is 0.307 e. The number of benzene rings is 1. The molecule has 0 unspecified atom stereocenters. The van der Waals surface area contributed by atoms with E-state index in [9.17, 15) is 9.18 Å². The van der Waals surface area contributed by atoms with Gasteiger partial charge < -0.3 is 5.11 Å². The lowest BCUT2D eigenvalue weighted by Crippen LogP contribution is -2.01. The number of hydrogen-bond donors (Lipinski definition) is 1. The Morgan fingerprint density at radius 2 is 2.23 bits per heavy atom. The lowest BCUT2D eigenvalue weighted by atomic mass is 10.1. The summed E-state index contributed by atoms with van der Waals surface area (Å²) in [6.07, 6.45) is -0.186. The highest BCUT2D eigenvalue weighted by atomic mass is 35.5. The number of carboxylic acid groups (broad SMARTS) is 1. The van der Waals surface area contributed by atoms with Gasteiger partial charge in [-0.15, -0.1) is 0 Å². The number of rotatable bonds is 2. The van der Waals surface area contributed by atoms with Gasteiger partial charge in [0, 0.05) is 0 Å². The van der Waals surface area contributed by atoms with Gasteiger partial charge in [-0.3, -0.25) is 4.79 Å². The van der Waals surface area contributed by atoms with Gasteiger partial charge in [0.2, 0.25) is 0 Å². The fourth-order valence-electron chi connectivity index (χ4n) is 1.07. The van der Waals surface area contributed by atoms with Crippen molar-refractivity contribution in [3.8, 4) is 0 Å². The molecule has 1 aromatic carbocycles. The van der Waals surface area contributed by atoms with E-state index in [0.29, 0.717) is 11.1 Å². The molecule has 0 heterocycles. The molecule has 70 valence electrons. The maximum absolute atomic E-state index is 13.0. The second-order valence-corrected chi connectivity index (χ2v) is 3.16. The summed E-state index contributed by atoms with van der Waals surface area (Å²) in [6, 6.07) is 2.71. The SMILES string of the molecule is Cc1cc(CC(=O)O)cc(F)c1Cl. The minimum absolute atomic E-state index is 0.0501. The molecule has 0 fully saturated rings. The van der Waals surface area contributed by atoms with Gasteiger partial charge in [-0.2, -0.15) is 0 Å². The van der Waals surface area contributed by atoms with Gasteiger partial charge in [0.15, 0.2) is 0 Å². The summed E-state index contributed by atoms with van der Waals surface area (Å²) >= 11 is 5.56. The molecule has 0 atom stereocenters. The molecule has 0 saturated carbocycles. The Kier molecular flexibility index (Phi) is 2.88. The molecule has 0 spiro atoms. The van der Waals surface area contributed by atoms with Crippen molar-refractivity contribution in [1.82, 2.24) is 0 Å². The monoisotopic (exact) mass is 202 g/mol. The fourth-order valence-corrected chi connectivity index (χ4v) is 1.18. The molecule has 13 heavy (non-hydrogen) atoms. The zero-order chi connectivity index (χ0) is 10.0. The average molecular weight is 203 g/mol. The molecular weight excluding hydrogens is 195 g/mol. The number of aliphatic carboxylic acids is 1. The fraction of sp³-hybridized carbons (Fsp3) is 0.222. The van der Waals surface area contributed by atoms with Crippen LogP contribution in [0, 0.1) is 12.7 Å². The van der Waals surface area contributed by atoms with Gasteiger partial charge in [0.1, 0.15) is 5.82 Å². The number of halogens is 2. The van der Waals surface area contributed by atoms with Crippen molar-refractivity contribution >= 4 is 17.6 Å². The summed E-state index contributed by atoms with van der Waals surface area (Å²) in [4.78, 5) is 10.3. The van der Waals surface area contributed by atoms with Crippen LogP contribution < -0.4 is 0 Å². The quantitative estimate of drug-likeness (QED) is 0.800. The van der Waals surface area contributed by atoms with Crippen LogP contribution in [0.4, 0.5) is 4.39 Å². The van der Waals surface area contributed by atoms with Gasteiger partial charge in [-0.1, -0.05) is 17.7 Å². The first-order valence-electron chi connectivity index (χ1n) is 3.67. The molecule has 1 N–H and O–H groups in total. The molecule has 2 nitrogen and oxygen atoms in total. The molecule has 0 amide bonds. The van der Waals surface area contributed by atoms with Gasteiger partial charge in [-0.25, -0.2) is 4.39 Å². The summed E-state index contributed by atoms with van der Waals surface area (Å²) < 4.78 is 13.0. The molecule has 0 aliphatic carbocycles. The number of aryl methyl sites for hydroxylation is 1. The van der Waals surface area contributed by atoms with E-state index in [0.717, 1.165) is 6.07 Å². The zero-order valence-corrected chi connectivity index (χ0v) is 7.73. The van der Waals surface area contributed by atoms with Crippen LogP contribution in [0.25, 0.3) is 0 Å². The zero-order valence-electron chi connectivity index (χ0n) is 6.97. The topological polar surface area (TPSA) is 37.3 Å². The van der Waals surface area contributed by atoms with Crippen LogP contribution in [0.5, 0.6) is 0 Å². The normalized spacial score (nSPS) is 10.1. The molecule has 0 aliphatic rings. The number of carbonyl (C=O) groups is 1. The third-order valence-electron chi connectivity index (χ3n) is 1.63. The molecule has 0 aliphatic heterocycles. The smallest absolute Gasteiger partial charge is 0.307 e. The summed E-state index contributed by atoms with van der Waals surface area (Å²) in [5.74, 6) is -1.56. The van der Waals surface area contributed by atoms with E-state index in [-0.39, 0.29) is 11.4 Å². The van der Waals surface area contributed by atoms with E-state index in [2.05, 4.69) is 0 Å². The number of hydrogen-bond acceptors (Lipinski definition) is 1. The second kappa shape index (κ2) is 3.75. The highest BCUT2D eigenvalue weighted by Gasteiger charge is 2.07. The maximum atomic E-state index is 13.0. The van der Waals surface area contributed by atoms with Crippen LogP contribution in [-0.4, -0.2) is 11.1 Å². The molecule has 0 radical (unpaired) electrons. The van der Waals surface area contributed by atoms with Gasteiger partial charge in [-0.05, 0) is 24.1 Å². The van der Waals surface area contributed by atoms with Crippen molar-refractivity contribution in [2.75, 3.05) is 0 Å². The van der Waals surface area contributed by atoms with Crippen molar-refractivity contribution in [2.45, 2.75) is 13.3 Å². The Bertz CT molecular complexity index is 326. The van der Waals surface area contributed by atoms with Gasteiger partial charge >= 0.3 is 5.97 Å². The summed E-state index contributed by atoms with van der Waals surface area (Å²) in [5, 5.41) is 8.51. The van der Waals surface area contributed by atoms with Crippen molar-refractivity contribution in [3.05, 3.63) is 34.1 Å². The molecule has 0 bridgehead atoms. The Balaban J connectivity index is 3.06. The van der Waals surface area contributed by atoms with E-state index in [1.165, 1.54) is 0 Å². The lowest BCUT2D eigenvalue weighted by Gasteiger charge is -2.02. The number of carboxylic acids is 1. The molecular formula is C9H8ClFO2. The van der Waals surface area contributed by atoms with Crippen LogP contribution in [-0.2, 0) is 11.2 Å². The minimum Gasteiger partial charge on any atom is -0.481 e. The third kappa shape index (κ3) is 2.42. The molecule has 1 rings (SSSR count). The summed E-state index contributed by atoms with van der Waals surface area (Å²) in [5.41, 5.74) is 0.977. The van der Waals surface area contributed by atoms with E-state index >= 15 is 0 Å². The standard InChI is InChI=1S/C9H8ClFO2/c1-5-2-6(4-8(12)13)3-7(11)9(5)10/h2-3H,4H2,1H3,(H,12,13). The van der Waals surface area contributed by atoms with E-state index < -0.39 is 11.8 Å². The van der Waals surface area contributed by atoms with Crippen molar-refractivity contribution < 1.29 is 14.3 Å². The Morgan fingerprint density at radius 1 is 1.62 bits per heavy atom. The van der Waals surface area contributed by atoms with Gasteiger partial charge in [0.05, 0.1) is 11.4 Å². The second-order valence-electron chi connectivity index (χ2n) is 2.78.